The van der Waals surface area contributed by atoms with Crippen molar-refractivity contribution in [3.8, 4) is 0 Å². The smallest absolute Gasteiger partial charge is 0.302 e. The quantitative estimate of drug-likeness (QED) is 0.451. The van der Waals surface area contributed by atoms with Crippen LogP contribution in [-0.4, -0.2) is 62.8 Å². The normalized spacial score (nSPS) is 68.7. The van der Waals surface area contributed by atoms with Crippen LogP contribution in [0, 0.1) is 40.4 Å². The molecule has 9 fully saturated rings. The Bertz CT molecular complexity index is 814. The summed E-state index contributed by atoms with van der Waals surface area (Å²) in [5, 5.41) is 34.0. The Kier molecular flexibility index (Phi) is 2.45. The average Bonchev–Trinajstić information content (AvgIpc) is 3.00. The molecule has 27 heavy (non-hydrogen) atoms. The number of carbonyl (C=O) groups excluding carboxylic acids is 1. The van der Waals surface area contributed by atoms with Gasteiger partial charge in [-0.1, -0.05) is 12.2 Å². The van der Waals surface area contributed by atoms with Crippen LogP contribution in [0.4, 0.5) is 0 Å². The summed E-state index contributed by atoms with van der Waals surface area (Å²) in [4.78, 5) is 14.2. The van der Waals surface area contributed by atoms with Crippen molar-refractivity contribution in [1.82, 2.24) is 4.90 Å². The predicted molar refractivity (Wildman–Crippen MR) is 92.9 cm³/mol. The predicted octanol–water partition coefficient (Wildman–Crippen LogP) is 0.265. The van der Waals surface area contributed by atoms with Gasteiger partial charge in [0.2, 0.25) is 0 Å². The molecule has 3 heterocycles. The van der Waals surface area contributed by atoms with Gasteiger partial charge in [-0.05, 0) is 42.4 Å². The largest absolute Gasteiger partial charge is 0.461 e. The van der Waals surface area contributed by atoms with Crippen molar-refractivity contribution in [2.75, 3.05) is 6.54 Å². The van der Waals surface area contributed by atoms with Crippen molar-refractivity contribution in [3.05, 3.63) is 12.2 Å². The maximum atomic E-state index is 11.9. The van der Waals surface area contributed by atoms with Gasteiger partial charge in [-0.2, -0.15) is 0 Å². The summed E-state index contributed by atoms with van der Waals surface area (Å²) in [6.07, 6.45) is 1.77. The molecule has 0 aromatic rings. The molecule has 6 saturated carbocycles. The van der Waals surface area contributed by atoms with E-state index in [0.717, 1.165) is 31.4 Å². The van der Waals surface area contributed by atoms with Crippen molar-refractivity contribution < 1.29 is 24.9 Å². The van der Waals surface area contributed by atoms with E-state index < -0.39 is 11.8 Å². The van der Waals surface area contributed by atoms with Crippen LogP contribution >= 0.6 is 0 Å². The average molecular weight is 373 g/mol. The highest BCUT2D eigenvalue weighted by Crippen LogP contribution is 2.87. The van der Waals surface area contributed by atoms with E-state index in [2.05, 4.69) is 11.5 Å². The number of carbonyl (C=O) groups is 1. The van der Waals surface area contributed by atoms with Crippen LogP contribution in [0.3, 0.4) is 0 Å². The Morgan fingerprint density at radius 3 is 2.85 bits per heavy atom. The minimum absolute atomic E-state index is 0.0274. The van der Waals surface area contributed by atoms with Gasteiger partial charge in [0.1, 0.15) is 11.8 Å². The SMILES string of the molecule is C=C1C[C@]23C[C@@]4(O)C5[C@@H]6CN4C4C2[C@H](OC(C)=O)[C@H]1[C@H](O)C3[C@@]45CC[C@H]6O. The van der Waals surface area contributed by atoms with Crippen LogP contribution < -0.4 is 0 Å². The fraction of sp³-hybridized carbons (Fsp3) is 0.857. The third kappa shape index (κ3) is 1.28. The second-order valence-corrected chi connectivity index (χ2v) is 10.7. The second kappa shape index (κ2) is 4.16. The molecule has 3 aliphatic heterocycles. The molecule has 9 rings (SSSR count). The van der Waals surface area contributed by atoms with Crippen LogP contribution in [0.1, 0.15) is 32.6 Å². The lowest BCUT2D eigenvalue weighted by Gasteiger charge is -2.66. The Morgan fingerprint density at radius 2 is 2.11 bits per heavy atom. The standard InChI is InChI=1S/C21H27NO5/c1-8-5-19-7-21(26)16-10-6-22(21)18-13(19)15(27-9(2)23)12(8)14(25)17(19)20(16,18)4-3-11(10)24/h10-18,24-26H,1,3-7H2,2H3/t10-,11-,12-,13?,14+,15-,16?,17?,18?,19+,20+,21-/m1/s1. The highest BCUT2D eigenvalue weighted by atomic mass is 16.5. The number of hydrogen-bond donors (Lipinski definition) is 3. The molecule has 5 unspecified atom stereocenters. The molecule has 0 aromatic heterocycles. The van der Waals surface area contributed by atoms with E-state index >= 15 is 0 Å². The number of nitrogens with zero attached hydrogens (tertiary/aromatic N) is 1. The van der Waals surface area contributed by atoms with E-state index in [0.29, 0.717) is 6.42 Å². The molecule has 9 bridgehead atoms. The summed E-state index contributed by atoms with van der Waals surface area (Å²) in [6.45, 7) is 6.43. The molecule has 3 saturated heterocycles. The van der Waals surface area contributed by atoms with Crippen molar-refractivity contribution in [1.29, 1.82) is 0 Å². The van der Waals surface area contributed by atoms with Crippen molar-refractivity contribution in [2.24, 2.45) is 40.4 Å². The molecule has 9 aliphatic rings. The lowest BCUT2D eigenvalue weighted by Crippen LogP contribution is -2.71. The van der Waals surface area contributed by atoms with Gasteiger partial charge in [0.25, 0.3) is 0 Å². The van der Waals surface area contributed by atoms with Crippen LogP contribution in [0.15, 0.2) is 12.2 Å². The lowest BCUT2D eigenvalue weighted by molar-refractivity contribution is -0.268. The molecule has 0 radical (unpaired) electrons. The van der Waals surface area contributed by atoms with Crippen LogP contribution in [0.5, 0.6) is 0 Å². The first-order valence-corrected chi connectivity index (χ1v) is 10.5. The summed E-state index contributed by atoms with van der Waals surface area (Å²) < 4.78 is 5.87. The van der Waals surface area contributed by atoms with Gasteiger partial charge in [-0.15, -0.1) is 0 Å². The number of fused-ring (bicyclic) bond motifs is 1. The van der Waals surface area contributed by atoms with Crippen molar-refractivity contribution in [2.45, 2.75) is 62.7 Å². The van der Waals surface area contributed by atoms with Gasteiger partial charge in [-0.25, -0.2) is 0 Å². The number of aliphatic hydroxyl groups is 3. The first kappa shape index (κ1) is 15.9. The summed E-state index contributed by atoms with van der Waals surface area (Å²) in [6, 6.07) is 0.145. The zero-order valence-electron chi connectivity index (χ0n) is 15.5. The third-order valence-corrected chi connectivity index (χ3v) is 10.2. The summed E-state index contributed by atoms with van der Waals surface area (Å²) in [7, 11) is 0. The minimum atomic E-state index is -0.880. The van der Waals surface area contributed by atoms with E-state index in [-0.39, 0.29) is 64.6 Å². The molecule has 13 atom stereocenters. The van der Waals surface area contributed by atoms with E-state index in [1.165, 1.54) is 6.92 Å². The van der Waals surface area contributed by atoms with E-state index in [4.69, 9.17) is 4.74 Å². The van der Waals surface area contributed by atoms with Gasteiger partial charge < -0.3 is 20.1 Å². The maximum Gasteiger partial charge on any atom is 0.302 e. The fourth-order valence-corrected chi connectivity index (χ4v) is 10.4. The molecule has 6 aliphatic carbocycles. The van der Waals surface area contributed by atoms with Crippen molar-refractivity contribution >= 4 is 5.97 Å². The molecule has 0 aromatic carbocycles. The molecule has 146 valence electrons. The number of hydrogen-bond acceptors (Lipinski definition) is 6. The molecular weight excluding hydrogens is 346 g/mol. The molecule has 6 nitrogen and oxygen atoms in total. The zero-order valence-corrected chi connectivity index (χ0v) is 15.5. The van der Waals surface area contributed by atoms with E-state index in [1.54, 1.807) is 0 Å². The minimum Gasteiger partial charge on any atom is -0.461 e. The molecule has 0 amide bonds. The highest BCUT2D eigenvalue weighted by molar-refractivity contribution is 5.66. The van der Waals surface area contributed by atoms with Crippen LogP contribution in [-0.2, 0) is 9.53 Å². The number of ether oxygens (including phenoxy) is 1. The number of piperidine rings is 2. The molecule has 2 spiro atoms. The molecule has 3 N–H and O–H groups in total. The van der Waals surface area contributed by atoms with E-state index in [1.807, 2.05) is 0 Å². The van der Waals surface area contributed by atoms with Gasteiger partial charge in [0, 0.05) is 43.2 Å². The lowest BCUT2D eigenvalue weighted by atomic mass is 9.40. The summed E-state index contributed by atoms with van der Waals surface area (Å²) in [5.74, 6) is -0.0916. The first-order chi connectivity index (χ1) is 12.8. The van der Waals surface area contributed by atoms with Gasteiger partial charge >= 0.3 is 5.97 Å². The monoisotopic (exact) mass is 373 g/mol. The van der Waals surface area contributed by atoms with Crippen LogP contribution in [0.25, 0.3) is 0 Å². The first-order valence-electron chi connectivity index (χ1n) is 10.5. The fourth-order valence-electron chi connectivity index (χ4n) is 10.4. The van der Waals surface area contributed by atoms with Gasteiger partial charge in [-0.3, -0.25) is 9.69 Å². The molecule has 6 heteroatoms. The topological polar surface area (TPSA) is 90.2 Å². The van der Waals surface area contributed by atoms with Crippen molar-refractivity contribution in [3.63, 3.8) is 0 Å². The molecular formula is C21H27NO5. The highest BCUT2D eigenvalue weighted by Gasteiger charge is 2.92. The number of esters is 1. The third-order valence-electron chi connectivity index (χ3n) is 10.2. The Morgan fingerprint density at radius 1 is 1.33 bits per heavy atom. The number of aliphatic hydroxyl groups excluding tert-OH is 2. The second-order valence-electron chi connectivity index (χ2n) is 10.7. The Labute approximate surface area is 158 Å². The summed E-state index contributed by atoms with van der Waals surface area (Å²) in [5.41, 5.74) is -0.283. The number of rotatable bonds is 1. The Hall–Kier alpha value is -0.950. The van der Waals surface area contributed by atoms with Gasteiger partial charge in [0.15, 0.2) is 0 Å². The summed E-state index contributed by atoms with van der Waals surface area (Å²) >= 11 is 0. The van der Waals surface area contributed by atoms with Gasteiger partial charge in [0.05, 0.1) is 12.2 Å². The zero-order chi connectivity index (χ0) is 18.7. The maximum absolute atomic E-state index is 11.9. The van der Waals surface area contributed by atoms with Crippen LogP contribution in [0.2, 0.25) is 0 Å². The van der Waals surface area contributed by atoms with E-state index in [9.17, 15) is 20.1 Å². The Balaban J connectivity index is 1.49.